The van der Waals surface area contributed by atoms with Gasteiger partial charge in [-0.05, 0) is 25.1 Å². The molecule has 0 atom stereocenters. The third kappa shape index (κ3) is 3.42. The zero-order valence-corrected chi connectivity index (χ0v) is 11.7. The number of hydrogen-bond donors (Lipinski definition) is 0. The Morgan fingerprint density at radius 3 is 2.20 bits per heavy atom. The first kappa shape index (κ1) is 14.2. The van der Waals surface area contributed by atoms with Crippen molar-refractivity contribution in [3.8, 4) is 0 Å². The van der Waals surface area contributed by atoms with E-state index in [1.54, 1.807) is 12.1 Å². The first-order valence-electron chi connectivity index (χ1n) is 6.53. The summed E-state index contributed by atoms with van der Waals surface area (Å²) in [5, 5.41) is 11.0. The summed E-state index contributed by atoms with van der Waals surface area (Å²) < 4.78 is 0. The Balaban J connectivity index is 2.11. The van der Waals surface area contributed by atoms with Crippen LogP contribution < -0.4 is 0 Å². The number of nitro benzene ring substituents is 1. The average Bonchev–Trinajstić information content (AvgIpc) is 2.41. The van der Waals surface area contributed by atoms with E-state index in [1.807, 2.05) is 31.3 Å². The van der Waals surface area contributed by atoms with Gasteiger partial charge < -0.3 is 0 Å². The Labute approximate surface area is 118 Å². The Kier molecular flexibility index (Phi) is 4.48. The lowest BCUT2D eigenvalue weighted by molar-refractivity contribution is -0.385. The molecule has 0 aromatic heterocycles. The van der Waals surface area contributed by atoms with Crippen molar-refractivity contribution in [3.63, 3.8) is 0 Å². The van der Waals surface area contributed by atoms with Crippen LogP contribution in [0.4, 0.5) is 5.69 Å². The van der Waals surface area contributed by atoms with Crippen molar-refractivity contribution in [1.82, 2.24) is 4.90 Å². The summed E-state index contributed by atoms with van der Waals surface area (Å²) in [6.07, 6.45) is 0. The molecule has 2 aromatic carbocycles. The van der Waals surface area contributed by atoms with Gasteiger partial charge >= 0.3 is 0 Å². The molecule has 0 unspecified atom stereocenters. The van der Waals surface area contributed by atoms with E-state index in [0.29, 0.717) is 6.54 Å². The smallest absolute Gasteiger partial charge is 0.273 e. The van der Waals surface area contributed by atoms with E-state index >= 15 is 0 Å². The lowest BCUT2D eigenvalue weighted by atomic mass is 10.1. The van der Waals surface area contributed by atoms with Crippen LogP contribution in [0.2, 0.25) is 0 Å². The maximum Gasteiger partial charge on any atom is 0.273 e. The van der Waals surface area contributed by atoms with Gasteiger partial charge in [0.2, 0.25) is 0 Å². The van der Waals surface area contributed by atoms with Gasteiger partial charge in [0.1, 0.15) is 0 Å². The molecule has 0 N–H and O–H groups in total. The van der Waals surface area contributed by atoms with E-state index in [4.69, 9.17) is 0 Å². The maximum atomic E-state index is 11.0. The first-order chi connectivity index (χ1) is 9.58. The second kappa shape index (κ2) is 6.30. The average molecular weight is 270 g/mol. The molecule has 0 aliphatic carbocycles. The third-order valence-electron chi connectivity index (χ3n) is 3.33. The van der Waals surface area contributed by atoms with Crippen LogP contribution in [-0.2, 0) is 13.1 Å². The van der Waals surface area contributed by atoms with Crippen LogP contribution in [0.25, 0.3) is 0 Å². The monoisotopic (exact) mass is 270 g/mol. The Bertz CT molecular complexity index is 611. The molecule has 0 saturated heterocycles. The normalized spacial score (nSPS) is 10.8. The quantitative estimate of drug-likeness (QED) is 0.616. The van der Waals surface area contributed by atoms with Crippen LogP contribution in [0.15, 0.2) is 48.5 Å². The highest BCUT2D eigenvalue weighted by molar-refractivity contribution is 5.39. The minimum Gasteiger partial charge on any atom is -0.298 e. The van der Waals surface area contributed by atoms with Gasteiger partial charge in [0.15, 0.2) is 0 Å². The predicted molar refractivity (Wildman–Crippen MR) is 79.4 cm³/mol. The molecule has 0 aliphatic heterocycles. The molecule has 104 valence electrons. The fourth-order valence-electron chi connectivity index (χ4n) is 2.25. The van der Waals surface area contributed by atoms with E-state index in [0.717, 1.165) is 12.1 Å². The second-order valence-corrected chi connectivity index (χ2v) is 4.98. The van der Waals surface area contributed by atoms with Crippen molar-refractivity contribution < 1.29 is 4.92 Å². The van der Waals surface area contributed by atoms with Gasteiger partial charge in [-0.2, -0.15) is 0 Å². The van der Waals surface area contributed by atoms with Crippen LogP contribution >= 0.6 is 0 Å². The number of para-hydroxylation sites is 1. The predicted octanol–water partition coefficient (Wildman–Crippen LogP) is 3.54. The molecule has 0 aliphatic rings. The number of rotatable bonds is 5. The molecule has 4 nitrogen and oxygen atoms in total. The zero-order valence-electron chi connectivity index (χ0n) is 11.7. The number of nitro groups is 1. The standard InChI is InChI=1S/C16H18N2O2/c1-13-7-3-4-8-14(13)11-17(2)12-15-9-5-6-10-16(15)18(19)20/h3-10H,11-12H2,1-2H3. The Morgan fingerprint density at radius 1 is 1.00 bits per heavy atom. The first-order valence-corrected chi connectivity index (χ1v) is 6.53. The van der Waals surface area contributed by atoms with Gasteiger partial charge in [-0.1, -0.05) is 42.5 Å². The minimum absolute atomic E-state index is 0.184. The molecular weight excluding hydrogens is 252 g/mol. The van der Waals surface area contributed by atoms with Crippen molar-refractivity contribution in [2.24, 2.45) is 0 Å². The third-order valence-corrected chi connectivity index (χ3v) is 3.33. The van der Waals surface area contributed by atoms with Gasteiger partial charge in [0, 0.05) is 24.7 Å². The summed E-state index contributed by atoms with van der Waals surface area (Å²) in [5.74, 6) is 0. The van der Waals surface area contributed by atoms with Gasteiger partial charge in [-0.15, -0.1) is 0 Å². The van der Waals surface area contributed by atoms with Gasteiger partial charge in [-0.3, -0.25) is 15.0 Å². The summed E-state index contributed by atoms with van der Waals surface area (Å²) in [4.78, 5) is 12.8. The lowest BCUT2D eigenvalue weighted by Gasteiger charge is -2.18. The number of aryl methyl sites for hydroxylation is 1. The van der Waals surface area contributed by atoms with Crippen LogP contribution in [-0.4, -0.2) is 16.9 Å². The highest BCUT2D eigenvalue weighted by Gasteiger charge is 2.14. The molecule has 20 heavy (non-hydrogen) atoms. The summed E-state index contributed by atoms with van der Waals surface area (Å²) in [5.41, 5.74) is 3.41. The summed E-state index contributed by atoms with van der Waals surface area (Å²) in [7, 11) is 1.98. The highest BCUT2D eigenvalue weighted by Crippen LogP contribution is 2.20. The summed E-state index contributed by atoms with van der Waals surface area (Å²) in [6.45, 7) is 3.42. The van der Waals surface area contributed by atoms with E-state index < -0.39 is 0 Å². The molecule has 0 fully saturated rings. The van der Waals surface area contributed by atoms with Crippen molar-refractivity contribution in [2.75, 3.05) is 7.05 Å². The molecule has 2 aromatic rings. The van der Waals surface area contributed by atoms with Crippen LogP contribution in [0, 0.1) is 17.0 Å². The SMILES string of the molecule is Cc1ccccc1CN(C)Cc1ccccc1[N+](=O)[O-]. The molecule has 0 heterocycles. The Hall–Kier alpha value is -2.20. The van der Waals surface area contributed by atoms with Crippen LogP contribution in [0.3, 0.4) is 0 Å². The summed E-state index contributed by atoms with van der Waals surface area (Å²) in [6, 6.07) is 15.1. The molecule has 0 spiro atoms. The lowest BCUT2D eigenvalue weighted by Crippen LogP contribution is -2.18. The molecule has 0 amide bonds. The molecule has 0 radical (unpaired) electrons. The minimum atomic E-state index is -0.322. The van der Waals surface area contributed by atoms with Crippen molar-refractivity contribution >= 4 is 5.69 Å². The van der Waals surface area contributed by atoms with E-state index in [-0.39, 0.29) is 10.6 Å². The number of benzene rings is 2. The van der Waals surface area contributed by atoms with Gasteiger partial charge in [-0.25, -0.2) is 0 Å². The Morgan fingerprint density at radius 2 is 1.55 bits per heavy atom. The van der Waals surface area contributed by atoms with E-state index in [1.165, 1.54) is 11.1 Å². The number of nitrogens with zero attached hydrogens (tertiary/aromatic N) is 2. The molecule has 4 heteroatoms. The van der Waals surface area contributed by atoms with Crippen LogP contribution in [0.1, 0.15) is 16.7 Å². The second-order valence-electron chi connectivity index (χ2n) is 4.98. The fraction of sp³-hybridized carbons (Fsp3) is 0.250. The van der Waals surface area contributed by atoms with Crippen LogP contribution in [0.5, 0.6) is 0 Å². The highest BCUT2D eigenvalue weighted by atomic mass is 16.6. The van der Waals surface area contributed by atoms with Gasteiger partial charge in [0.05, 0.1) is 4.92 Å². The molecular formula is C16H18N2O2. The van der Waals surface area contributed by atoms with Gasteiger partial charge in [0.25, 0.3) is 5.69 Å². The topological polar surface area (TPSA) is 46.4 Å². The molecule has 0 saturated carbocycles. The van der Waals surface area contributed by atoms with Crippen molar-refractivity contribution in [2.45, 2.75) is 20.0 Å². The largest absolute Gasteiger partial charge is 0.298 e. The van der Waals surface area contributed by atoms with E-state index in [9.17, 15) is 10.1 Å². The molecule has 0 bridgehead atoms. The maximum absolute atomic E-state index is 11.0. The molecule has 2 rings (SSSR count). The zero-order chi connectivity index (χ0) is 14.5. The summed E-state index contributed by atoms with van der Waals surface area (Å²) >= 11 is 0. The van der Waals surface area contributed by atoms with Crippen molar-refractivity contribution in [1.29, 1.82) is 0 Å². The number of hydrogen-bond acceptors (Lipinski definition) is 3. The van der Waals surface area contributed by atoms with Crippen molar-refractivity contribution in [3.05, 3.63) is 75.3 Å². The van der Waals surface area contributed by atoms with E-state index in [2.05, 4.69) is 24.0 Å². The fourth-order valence-corrected chi connectivity index (χ4v) is 2.25.